The second kappa shape index (κ2) is 9.09. The van der Waals surface area contributed by atoms with Crippen molar-refractivity contribution in [2.45, 2.75) is 41.7 Å². The van der Waals surface area contributed by atoms with E-state index < -0.39 is 88.3 Å². The Morgan fingerprint density at radius 2 is 0.842 bits per heavy atom. The molecule has 0 unspecified atom stereocenters. The molecule has 220 valence electrons. The van der Waals surface area contributed by atoms with E-state index in [1.54, 1.807) is 0 Å². The zero-order valence-corrected chi connectivity index (χ0v) is 16.4. The van der Waals surface area contributed by atoms with Crippen LogP contribution in [0.1, 0.15) is 0 Å². The van der Waals surface area contributed by atoms with Gasteiger partial charge in [-0.25, -0.2) is 13.2 Å². The van der Waals surface area contributed by atoms with Crippen molar-refractivity contribution in [3.8, 4) is 5.75 Å². The van der Waals surface area contributed by atoms with Gasteiger partial charge in [-0.15, -0.1) is 0 Å². The molecule has 2 nitrogen and oxygen atoms in total. The quantitative estimate of drug-likeness (QED) is 0.108. The maximum Gasteiger partial charge on any atom is 0.460 e. The van der Waals surface area contributed by atoms with Gasteiger partial charge < -0.3 is 10.5 Å². The smallest absolute Gasteiger partial charge is 0.424 e. The topological polar surface area (TPSA) is 35.2 Å². The van der Waals surface area contributed by atoms with Gasteiger partial charge in [0.25, 0.3) is 0 Å². The molecule has 1 aromatic rings. The van der Waals surface area contributed by atoms with E-state index in [1.165, 1.54) is 0 Å². The lowest BCUT2D eigenvalue weighted by Crippen LogP contribution is -2.72. The highest BCUT2D eigenvalue weighted by molar-refractivity contribution is 5.55. The van der Waals surface area contributed by atoms with E-state index in [9.17, 15) is 92.2 Å². The van der Waals surface area contributed by atoms with Gasteiger partial charge >= 0.3 is 47.7 Å². The van der Waals surface area contributed by atoms with Gasteiger partial charge in [0.2, 0.25) is 17.5 Å². The molecule has 23 heteroatoms. The minimum absolute atomic E-state index is 2.30. The zero-order chi connectivity index (χ0) is 30.8. The van der Waals surface area contributed by atoms with Crippen LogP contribution in [0.3, 0.4) is 0 Å². The third kappa shape index (κ3) is 4.29. The number of anilines is 1. The molecule has 38 heavy (non-hydrogen) atoms. The summed E-state index contributed by atoms with van der Waals surface area (Å²) < 4.78 is 278. The number of nitrogens with two attached hydrogens (primary N) is 1. The summed E-state index contributed by atoms with van der Waals surface area (Å²) >= 11 is 0. The van der Waals surface area contributed by atoms with E-state index in [0.717, 1.165) is 0 Å². The molecule has 0 saturated carbocycles. The van der Waals surface area contributed by atoms with Crippen molar-refractivity contribution in [2.75, 3.05) is 5.73 Å². The van der Waals surface area contributed by atoms with E-state index >= 15 is 0 Å². The molecule has 0 aliphatic carbocycles. The fraction of sp³-hybridized carbons (Fsp3) is 0.467. The number of hydrogen-bond donors (Lipinski definition) is 1. The largest absolute Gasteiger partial charge is 0.460 e. The molecule has 2 N–H and O–H groups in total. The SMILES string of the molecule is Nc1c(F)c(F)c(F)c(F)c1OC(F)=C(F)C(F)(F)C(F)(F)C(F)(F)C(F)(F)C(F)(F)C(F)(F)C(F)(F)F. The van der Waals surface area contributed by atoms with E-state index in [4.69, 9.17) is 0 Å². The zero-order valence-electron chi connectivity index (χ0n) is 16.4. The lowest BCUT2D eigenvalue weighted by atomic mass is 9.91. The van der Waals surface area contributed by atoms with E-state index in [1.807, 2.05) is 0 Å². The molecule has 0 atom stereocenters. The first-order valence-corrected chi connectivity index (χ1v) is 8.17. The fourth-order valence-electron chi connectivity index (χ4n) is 2.09. The summed E-state index contributed by atoms with van der Waals surface area (Å²) in [5.74, 6) is -70.6. The van der Waals surface area contributed by atoms with E-state index in [2.05, 4.69) is 10.5 Å². The molecule has 0 aromatic heterocycles. The molecule has 0 saturated heterocycles. The summed E-state index contributed by atoms with van der Waals surface area (Å²) in [5, 5.41) is 0. The Balaban J connectivity index is 3.74. The molecule has 0 aliphatic rings. The molecule has 0 spiro atoms. The van der Waals surface area contributed by atoms with Crippen molar-refractivity contribution >= 4 is 5.69 Å². The number of hydrogen-bond acceptors (Lipinski definition) is 2. The van der Waals surface area contributed by atoms with Gasteiger partial charge in [-0.05, 0) is 0 Å². The van der Waals surface area contributed by atoms with Crippen LogP contribution in [0.4, 0.5) is 97.9 Å². The van der Waals surface area contributed by atoms with Gasteiger partial charge in [0.05, 0.1) is 0 Å². The summed E-state index contributed by atoms with van der Waals surface area (Å²) in [6.45, 7) is 0. The van der Waals surface area contributed by atoms with E-state index in [0.29, 0.717) is 0 Å². The van der Waals surface area contributed by atoms with Crippen LogP contribution in [0.15, 0.2) is 11.8 Å². The first-order chi connectivity index (χ1) is 16.5. The van der Waals surface area contributed by atoms with Gasteiger partial charge in [-0.3, -0.25) is 0 Å². The number of rotatable bonds is 8. The maximum atomic E-state index is 13.6. The second-order valence-electron chi connectivity index (χ2n) is 6.63. The van der Waals surface area contributed by atoms with Crippen LogP contribution in [0.2, 0.25) is 0 Å². The summed E-state index contributed by atoms with van der Waals surface area (Å²) in [6, 6.07) is -4.24. The molecule has 0 bridgehead atoms. The van der Waals surface area contributed by atoms with Crippen LogP contribution in [-0.2, 0) is 0 Å². The molecule has 0 heterocycles. The van der Waals surface area contributed by atoms with Crippen LogP contribution < -0.4 is 10.5 Å². The highest BCUT2D eigenvalue weighted by Gasteiger charge is 2.93. The molecule has 1 aromatic carbocycles. The van der Waals surface area contributed by atoms with Crippen molar-refractivity contribution in [1.82, 2.24) is 0 Å². The average Bonchev–Trinajstić information content (AvgIpc) is 2.76. The van der Waals surface area contributed by atoms with Gasteiger partial charge in [0, 0.05) is 0 Å². The Morgan fingerprint density at radius 3 is 1.24 bits per heavy atom. The molecule has 0 amide bonds. The maximum absolute atomic E-state index is 13.6. The monoisotopic (exact) mass is 611 g/mol. The Bertz CT molecular complexity index is 1090. The van der Waals surface area contributed by atoms with Crippen LogP contribution in [0, 0.1) is 23.3 Å². The fourth-order valence-corrected chi connectivity index (χ4v) is 2.09. The lowest BCUT2D eigenvalue weighted by Gasteiger charge is -2.41. The first kappa shape index (κ1) is 33.1. The minimum atomic E-state index is -8.84. The first-order valence-electron chi connectivity index (χ1n) is 8.17. The molecule has 0 aliphatic heterocycles. The van der Waals surface area contributed by atoms with Crippen molar-refractivity contribution < 1.29 is 96.9 Å². The second-order valence-corrected chi connectivity index (χ2v) is 6.63. The standard InChI is InChI=1S/C15H2F21NO/c16-1-2(17)4(19)6(5(37)3(1)18)38-8(21)7(20)9(22,23)10(24,25)11(26,27)12(28,29)13(30,31)14(32,33)15(34,35)36/h37H2. The van der Waals surface area contributed by atoms with E-state index in [-0.39, 0.29) is 0 Å². The number of benzene rings is 1. The summed E-state index contributed by atoms with van der Waals surface area (Å²) in [7, 11) is 0. The predicted molar refractivity (Wildman–Crippen MR) is 76.3 cm³/mol. The molecule has 0 radical (unpaired) electrons. The van der Waals surface area contributed by atoms with Crippen LogP contribution in [0.25, 0.3) is 0 Å². The molecule has 0 fully saturated rings. The normalized spacial score (nSPS) is 15.5. The average molecular weight is 611 g/mol. The molecule has 1 rings (SSSR count). The minimum Gasteiger partial charge on any atom is -0.424 e. The van der Waals surface area contributed by atoms with Crippen LogP contribution in [0.5, 0.6) is 5.75 Å². The number of alkyl halides is 15. The van der Waals surface area contributed by atoms with Crippen molar-refractivity contribution in [1.29, 1.82) is 0 Å². The van der Waals surface area contributed by atoms with Crippen LogP contribution in [-0.4, -0.2) is 41.7 Å². The summed E-state index contributed by atoms with van der Waals surface area (Å²) in [6.07, 6.45) is -7.91. The number of nitrogen functional groups attached to an aromatic ring is 1. The molecular weight excluding hydrogens is 609 g/mol. The number of halogens is 21. The van der Waals surface area contributed by atoms with Crippen molar-refractivity contribution in [2.24, 2.45) is 0 Å². The van der Waals surface area contributed by atoms with Crippen molar-refractivity contribution in [3.05, 3.63) is 35.1 Å². The Labute approximate surface area is 192 Å². The predicted octanol–water partition coefficient (Wildman–Crippen LogP) is 7.69. The number of allylic oxidation sites excluding steroid dienone is 1. The highest BCUT2D eigenvalue weighted by Crippen LogP contribution is 2.63. The van der Waals surface area contributed by atoms with Crippen molar-refractivity contribution in [3.63, 3.8) is 0 Å². The third-order valence-corrected chi connectivity index (χ3v) is 4.23. The Kier molecular flexibility index (Phi) is 7.92. The summed E-state index contributed by atoms with van der Waals surface area (Å²) in [5.41, 5.74) is 2.19. The third-order valence-electron chi connectivity index (χ3n) is 4.23. The Hall–Kier alpha value is -2.91. The lowest BCUT2D eigenvalue weighted by molar-refractivity contribution is -0.451. The molecular formula is C15H2F21NO. The number of ether oxygens (including phenoxy) is 1. The van der Waals surface area contributed by atoms with Gasteiger partial charge in [-0.1, -0.05) is 0 Å². The van der Waals surface area contributed by atoms with Gasteiger partial charge in [0.1, 0.15) is 5.69 Å². The van der Waals surface area contributed by atoms with Gasteiger partial charge in [0.15, 0.2) is 17.4 Å². The van der Waals surface area contributed by atoms with Gasteiger partial charge in [-0.2, -0.15) is 79.0 Å². The summed E-state index contributed by atoms with van der Waals surface area (Å²) in [4.78, 5) is 0. The highest BCUT2D eigenvalue weighted by atomic mass is 19.4. The van der Waals surface area contributed by atoms with Crippen LogP contribution >= 0.6 is 0 Å². The Morgan fingerprint density at radius 1 is 0.500 bits per heavy atom.